The van der Waals surface area contributed by atoms with Crippen molar-refractivity contribution in [2.75, 3.05) is 24.8 Å². The molecule has 3 heterocycles. The Kier molecular flexibility index (Phi) is 4.21. The Labute approximate surface area is 163 Å². The van der Waals surface area contributed by atoms with Crippen LogP contribution in [0.15, 0.2) is 36.5 Å². The van der Waals surface area contributed by atoms with Gasteiger partial charge in [-0.15, -0.1) is 0 Å². The molecule has 0 spiro atoms. The van der Waals surface area contributed by atoms with Gasteiger partial charge < -0.3 is 24.2 Å². The van der Waals surface area contributed by atoms with Crippen molar-refractivity contribution in [3.8, 4) is 23.3 Å². The number of hydrogen-bond donors (Lipinski definition) is 1. The zero-order chi connectivity index (χ0) is 19.1. The van der Waals surface area contributed by atoms with Gasteiger partial charge in [0.15, 0.2) is 11.5 Å². The number of rotatable bonds is 3. The van der Waals surface area contributed by atoms with Gasteiger partial charge in [-0.3, -0.25) is 0 Å². The molecule has 0 unspecified atom stereocenters. The highest BCUT2D eigenvalue weighted by Gasteiger charge is 2.43. The number of ether oxygens (including phenoxy) is 3. The minimum atomic E-state index is -0.522. The summed E-state index contributed by atoms with van der Waals surface area (Å²) in [5, 5.41) is 20.0. The maximum atomic E-state index is 10.7. The van der Waals surface area contributed by atoms with E-state index in [1.54, 1.807) is 18.3 Å². The van der Waals surface area contributed by atoms with E-state index >= 15 is 0 Å². The fourth-order valence-corrected chi connectivity index (χ4v) is 4.55. The number of hydrogen-bond acceptors (Lipinski definition) is 7. The van der Waals surface area contributed by atoms with E-state index in [1.165, 1.54) is 0 Å². The van der Waals surface area contributed by atoms with Crippen molar-refractivity contribution >= 4 is 5.82 Å². The highest BCUT2D eigenvalue weighted by molar-refractivity contribution is 5.54. The van der Waals surface area contributed by atoms with Gasteiger partial charge in [0.25, 0.3) is 0 Å². The molecule has 2 aliphatic heterocycles. The number of fused-ring (bicyclic) bond motifs is 2. The van der Waals surface area contributed by atoms with Gasteiger partial charge in [0.2, 0.25) is 6.79 Å². The van der Waals surface area contributed by atoms with Gasteiger partial charge in [0.05, 0.1) is 11.7 Å². The fourth-order valence-electron chi connectivity index (χ4n) is 4.55. The second-order valence-electron chi connectivity index (χ2n) is 7.62. The van der Waals surface area contributed by atoms with Gasteiger partial charge in [-0.05, 0) is 48.9 Å². The Morgan fingerprint density at radius 2 is 1.96 bits per heavy atom. The number of anilines is 1. The Bertz CT molecular complexity index is 928. The van der Waals surface area contributed by atoms with Crippen molar-refractivity contribution < 1.29 is 19.3 Å². The minimum absolute atomic E-state index is 0.225. The molecule has 3 aliphatic rings. The molecule has 28 heavy (non-hydrogen) atoms. The number of nitrogens with zero attached hydrogens (tertiary/aromatic N) is 3. The first kappa shape index (κ1) is 17.1. The molecule has 0 amide bonds. The molecule has 5 rings (SSSR count). The Morgan fingerprint density at radius 1 is 1.14 bits per heavy atom. The summed E-state index contributed by atoms with van der Waals surface area (Å²) < 4.78 is 16.9. The van der Waals surface area contributed by atoms with Gasteiger partial charge >= 0.3 is 0 Å². The van der Waals surface area contributed by atoms with Crippen molar-refractivity contribution in [2.45, 2.75) is 25.0 Å². The van der Waals surface area contributed by atoms with Crippen LogP contribution in [0.3, 0.4) is 0 Å². The summed E-state index contributed by atoms with van der Waals surface area (Å²) >= 11 is 0. The first-order valence-electron chi connectivity index (χ1n) is 9.55. The lowest BCUT2D eigenvalue weighted by Gasteiger charge is -2.35. The molecule has 2 fully saturated rings. The van der Waals surface area contributed by atoms with Gasteiger partial charge in [-0.25, -0.2) is 4.98 Å². The summed E-state index contributed by atoms with van der Waals surface area (Å²) in [5.41, 5.74) is 0.592. The highest BCUT2D eigenvalue weighted by Crippen LogP contribution is 2.41. The summed E-state index contributed by atoms with van der Waals surface area (Å²) in [5.74, 6) is 3.58. The molecule has 0 radical (unpaired) electrons. The first-order valence-corrected chi connectivity index (χ1v) is 9.55. The molecule has 7 heteroatoms. The second kappa shape index (κ2) is 6.88. The summed E-state index contributed by atoms with van der Waals surface area (Å²) in [7, 11) is 0. The van der Waals surface area contributed by atoms with Crippen LogP contribution in [0.5, 0.6) is 17.2 Å². The van der Waals surface area contributed by atoms with E-state index in [9.17, 15) is 10.4 Å². The van der Waals surface area contributed by atoms with E-state index in [0.717, 1.165) is 25.3 Å². The third-order valence-electron chi connectivity index (χ3n) is 5.92. The normalized spacial score (nSPS) is 27.9. The lowest BCUT2D eigenvalue weighted by Crippen LogP contribution is -2.42. The average molecular weight is 379 g/mol. The lowest BCUT2D eigenvalue weighted by atomic mass is 9.78. The van der Waals surface area contributed by atoms with E-state index in [0.29, 0.717) is 41.1 Å². The first-order chi connectivity index (χ1) is 13.7. The molecule has 1 N–H and O–H groups in total. The largest absolute Gasteiger partial charge is 0.488 e. The highest BCUT2D eigenvalue weighted by atomic mass is 16.7. The van der Waals surface area contributed by atoms with Crippen LogP contribution in [-0.4, -0.2) is 42.2 Å². The smallest absolute Gasteiger partial charge is 0.231 e. The molecule has 1 aromatic heterocycles. The van der Waals surface area contributed by atoms with E-state index in [2.05, 4.69) is 16.0 Å². The topological polar surface area (TPSA) is 87.8 Å². The molecule has 1 aliphatic carbocycles. The number of aliphatic hydroxyl groups excluding tert-OH is 1. The number of pyridine rings is 1. The summed E-state index contributed by atoms with van der Waals surface area (Å²) in [6.07, 6.45) is 2.39. The van der Waals surface area contributed by atoms with Crippen LogP contribution >= 0.6 is 0 Å². The summed E-state index contributed by atoms with van der Waals surface area (Å²) in [6, 6.07) is 11.3. The quantitative estimate of drug-likeness (QED) is 0.876. The third-order valence-corrected chi connectivity index (χ3v) is 5.92. The van der Waals surface area contributed by atoms with Crippen LogP contribution < -0.4 is 19.1 Å². The number of nitriles is 1. The fraction of sp³-hybridized carbons (Fsp3) is 0.429. The zero-order valence-electron chi connectivity index (χ0n) is 15.3. The molecule has 144 valence electrons. The number of aliphatic hydroxyl groups is 1. The Morgan fingerprint density at radius 3 is 2.82 bits per heavy atom. The predicted molar refractivity (Wildman–Crippen MR) is 100 cm³/mol. The van der Waals surface area contributed by atoms with Crippen LogP contribution in [0.2, 0.25) is 0 Å². The van der Waals surface area contributed by atoms with E-state index in [4.69, 9.17) is 14.2 Å². The van der Waals surface area contributed by atoms with Crippen molar-refractivity contribution in [1.29, 1.82) is 5.26 Å². The molecule has 1 aromatic carbocycles. The maximum Gasteiger partial charge on any atom is 0.231 e. The van der Waals surface area contributed by atoms with E-state index in [1.807, 2.05) is 18.2 Å². The zero-order valence-corrected chi connectivity index (χ0v) is 15.3. The molecule has 4 atom stereocenters. The summed E-state index contributed by atoms with van der Waals surface area (Å²) in [6.45, 7) is 1.86. The molecule has 0 bridgehead atoms. The van der Waals surface area contributed by atoms with E-state index in [-0.39, 0.29) is 12.9 Å². The molecular formula is C21H21N3O4. The summed E-state index contributed by atoms with van der Waals surface area (Å²) in [4.78, 5) is 6.58. The average Bonchev–Trinajstić information content (AvgIpc) is 3.34. The van der Waals surface area contributed by atoms with Crippen molar-refractivity contribution in [3.05, 3.63) is 42.1 Å². The number of aromatic nitrogens is 1. The van der Waals surface area contributed by atoms with Gasteiger partial charge in [0, 0.05) is 25.4 Å². The Hall–Kier alpha value is -2.98. The van der Waals surface area contributed by atoms with Crippen LogP contribution in [-0.2, 0) is 0 Å². The third kappa shape index (κ3) is 3.00. The monoisotopic (exact) mass is 379 g/mol. The Balaban J connectivity index is 1.29. The predicted octanol–water partition coefficient (Wildman–Crippen LogP) is 2.34. The van der Waals surface area contributed by atoms with Crippen molar-refractivity contribution in [1.82, 2.24) is 4.98 Å². The molecule has 1 saturated carbocycles. The molecular weight excluding hydrogens is 358 g/mol. The van der Waals surface area contributed by atoms with Gasteiger partial charge in [0.1, 0.15) is 23.7 Å². The van der Waals surface area contributed by atoms with Crippen molar-refractivity contribution in [3.63, 3.8) is 0 Å². The van der Waals surface area contributed by atoms with Crippen LogP contribution in [0, 0.1) is 23.2 Å². The molecule has 1 saturated heterocycles. The maximum absolute atomic E-state index is 10.7. The van der Waals surface area contributed by atoms with Crippen molar-refractivity contribution in [2.24, 2.45) is 11.8 Å². The molecule has 2 aromatic rings. The second-order valence-corrected chi connectivity index (χ2v) is 7.62. The van der Waals surface area contributed by atoms with E-state index < -0.39 is 6.10 Å². The minimum Gasteiger partial charge on any atom is -0.488 e. The van der Waals surface area contributed by atoms with Crippen LogP contribution in [0.1, 0.15) is 18.4 Å². The number of benzene rings is 1. The van der Waals surface area contributed by atoms with Crippen LogP contribution in [0.25, 0.3) is 0 Å². The van der Waals surface area contributed by atoms with Gasteiger partial charge in [-0.1, -0.05) is 0 Å². The van der Waals surface area contributed by atoms with Crippen LogP contribution in [0.4, 0.5) is 5.82 Å². The standard InChI is InChI=1S/C21H21N3O4/c22-9-13-2-1-5-23-21(13)24-10-14-6-17(25)19(7-15(14)11-24)28-16-3-4-18-20(8-16)27-12-26-18/h1-5,8,14-15,17,19,25H,6-7,10-12H2/t14-,15+,17+,19+/m0/s1. The lowest BCUT2D eigenvalue weighted by molar-refractivity contribution is -0.0232. The van der Waals surface area contributed by atoms with Gasteiger partial charge in [-0.2, -0.15) is 5.26 Å². The molecule has 7 nitrogen and oxygen atoms in total. The SMILES string of the molecule is N#Cc1cccnc1N1C[C@H]2C[C@@H](Oc3ccc4c(c3)OCO4)[C@H](O)C[C@H]2C1.